The zero-order chi connectivity index (χ0) is 23.5. The van der Waals surface area contributed by atoms with Gasteiger partial charge in [0.2, 0.25) is 0 Å². The van der Waals surface area contributed by atoms with Crippen LogP contribution in [0, 0.1) is 5.82 Å². The Balaban J connectivity index is 1.61. The lowest BCUT2D eigenvalue weighted by molar-refractivity contribution is 0.0824. The fourth-order valence-electron chi connectivity index (χ4n) is 5.04. The van der Waals surface area contributed by atoms with E-state index in [1.54, 1.807) is 17.1 Å². The van der Waals surface area contributed by atoms with Gasteiger partial charge in [-0.1, -0.05) is 16.8 Å². The molecule has 1 aliphatic heterocycles. The molecule has 2 aromatic heterocycles. The summed E-state index contributed by atoms with van der Waals surface area (Å²) < 4.78 is 17.2. The van der Waals surface area contributed by atoms with E-state index < -0.39 is 23.2 Å². The highest BCUT2D eigenvalue weighted by molar-refractivity contribution is 6.34. The Labute approximate surface area is 194 Å². The van der Waals surface area contributed by atoms with E-state index in [0.717, 1.165) is 5.56 Å². The number of aromatic nitrogens is 4. The average Bonchev–Trinajstić information content (AvgIpc) is 3.49. The van der Waals surface area contributed by atoms with Crippen molar-refractivity contribution in [3.8, 4) is 11.1 Å². The van der Waals surface area contributed by atoms with Gasteiger partial charge in [0.05, 0.1) is 28.9 Å². The number of halogens is 2. The Morgan fingerprint density at radius 2 is 2.15 bits per heavy atom. The molecular formula is C22H23ClFN7O2. The Kier molecular flexibility index (Phi) is 5.02. The first-order chi connectivity index (χ1) is 15.7. The van der Waals surface area contributed by atoms with E-state index >= 15 is 4.39 Å². The number of benzene rings is 1. The molecular weight excluding hydrogens is 449 g/mol. The molecule has 3 aromatic rings. The molecule has 1 spiro atoms. The van der Waals surface area contributed by atoms with Crippen LogP contribution in [-0.2, 0) is 5.41 Å². The first-order valence-corrected chi connectivity index (χ1v) is 10.9. The maximum Gasteiger partial charge on any atom is 0.258 e. The van der Waals surface area contributed by atoms with Crippen LogP contribution in [0.15, 0.2) is 30.7 Å². The predicted octanol–water partition coefficient (Wildman–Crippen LogP) is 2.48. The molecule has 2 aliphatic rings. The minimum atomic E-state index is -0.746. The molecule has 5 rings (SSSR count). The second-order valence-corrected chi connectivity index (χ2v) is 9.24. The van der Waals surface area contributed by atoms with Gasteiger partial charge in [-0.2, -0.15) is 0 Å². The van der Waals surface area contributed by atoms with Gasteiger partial charge in [0.25, 0.3) is 5.91 Å². The summed E-state index contributed by atoms with van der Waals surface area (Å²) in [6, 6.07) is 2.73. The summed E-state index contributed by atoms with van der Waals surface area (Å²) >= 11 is 6.90. The van der Waals surface area contributed by atoms with E-state index in [0.29, 0.717) is 35.8 Å². The SMILES string of the molecule is CN(C)C(=O)c1c(N)ccc(-c2cnc3c(c2Cl)[C@]2(CN3)CC(n3ccnn3)[C@@H](O)C2)c1F. The average molecular weight is 472 g/mol. The van der Waals surface area contributed by atoms with E-state index in [4.69, 9.17) is 17.3 Å². The first kappa shape index (κ1) is 21.6. The molecule has 1 unspecified atom stereocenters. The number of nitrogens with zero attached hydrogens (tertiary/aromatic N) is 5. The topological polar surface area (TPSA) is 122 Å². The van der Waals surface area contributed by atoms with Gasteiger partial charge in [0, 0.05) is 60.8 Å². The number of aliphatic hydroxyl groups is 1. The number of carbonyl (C=O) groups excluding carboxylic acids is 1. The third kappa shape index (κ3) is 3.24. The lowest BCUT2D eigenvalue weighted by Crippen LogP contribution is -2.26. The van der Waals surface area contributed by atoms with E-state index in [9.17, 15) is 9.90 Å². The smallest absolute Gasteiger partial charge is 0.258 e. The Morgan fingerprint density at radius 3 is 2.85 bits per heavy atom. The third-order valence-electron chi connectivity index (χ3n) is 6.65. The summed E-state index contributed by atoms with van der Waals surface area (Å²) in [6.07, 6.45) is 5.14. The fraction of sp³-hybridized carbons (Fsp3) is 0.364. The van der Waals surface area contributed by atoms with Crippen molar-refractivity contribution >= 4 is 29.0 Å². The first-order valence-electron chi connectivity index (χ1n) is 10.5. The van der Waals surface area contributed by atoms with Gasteiger partial charge in [0.1, 0.15) is 11.6 Å². The Hall–Kier alpha value is -3.24. The molecule has 0 saturated heterocycles. The number of rotatable bonds is 3. The summed E-state index contributed by atoms with van der Waals surface area (Å²) in [5.41, 5.74) is 6.50. The predicted molar refractivity (Wildman–Crippen MR) is 122 cm³/mol. The zero-order valence-corrected chi connectivity index (χ0v) is 18.8. The van der Waals surface area contributed by atoms with Crippen LogP contribution in [0.3, 0.4) is 0 Å². The molecule has 172 valence electrons. The van der Waals surface area contributed by atoms with Gasteiger partial charge in [-0.3, -0.25) is 4.79 Å². The number of nitrogens with two attached hydrogens (primary N) is 1. The number of nitrogen functional groups attached to an aromatic ring is 1. The molecule has 33 heavy (non-hydrogen) atoms. The Morgan fingerprint density at radius 1 is 1.36 bits per heavy atom. The van der Waals surface area contributed by atoms with Gasteiger partial charge in [0.15, 0.2) is 0 Å². The van der Waals surface area contributed by atoms with Crippen molar-refractivity contribution in [2.75, 3.05) is 31.7 Å². The molecule has 0 radical (unpaired) electrons. The van der Waals surface area contributed by atoms with Crippen molar-refractivity contribution < 1.29 is 14.3 Å². The van der Waals surface area contributed by atoms with Crippen LogP contribution in [-0.4, -0.2) is 62.6 Å². The number of anilines is 2. The summed E-state index contributed by atoms with van der Waals surface area (Å²) in [7, 11) is 3.06. The van der Waals surface area contributed by atoms with Crippen LogP contribution >= 0.6 is 11.6 Å². The van der Waals surface area contributed by atoms with Gasteiger partial charge in [-0.15, -0.1) is 5.10 Å². The quantitative estimate of drug-likeness (QED) is 0.501. The molecule has 1 fully saturated rings. The number of pyridine rings is 1. The van der Waals surface area contributed by atoms with Gasteiger partial charge in [-0.05, 0) is 25.0 Å². The number of nitrogens with one attached hydrogen (secondary N) is 1. The minimum Gasteiger partial charge on any atom is -0.398 e. The maximum absolute atomic E-state index is 15.6. The lowest BCUT2D eigenvalue weighted by atomic mass is 9.80. The number of amides is 1. The van der Waals surface area contributed by atoms with Crippen LogP contribution in [0.2, 0.25) is 5.02 Å². The van der Waals surface area contributed by atoms with Crippen LogP contribution in [0.5, 0.6) is 0 Å². The van der Waals surface area contributed by atoms with E-state index in [-0.39, 0.29) is 22.9 Å². The van der Waals surface area contributed by atoms with Crippen molar-refractivity contribution in [2.24, 2.45) is 0 Å². The van der Waals surface area contributed by atoms with Gasteiger partial charge < -0.3 is 21.1 Å². The van der Waals surface area contributed by atoms with Gasteiger partial charge in [-0.25, -0.2) is 14.1 Å². The summed E-state index contributed by atoms with van der Waals surface area (Å²) in [6.45, 7) is 0.537. The Bertz CT molecular complexity index is 1250. The molecule has 0 bridgehead atoms. The van der Waals surface area contributed by atoms with E-state index in [2.05, 4.69) is 20.6 Å². The van der Waals surface area contributed by atoms with Gasteiger partial charge >= 0.3 is 0 Å². The highest BCUT2D eigenvalue weighted by Crippen LogP contribution is 2.54. The summed E-state index contributed by atoms with van der Waals surface area (Å²) in [4.78, 5) is 18.3. The molecule has 1 aliphatic carbocycles. The number of aliphatic hydroxyl groups excluding tert-OH is 1. The number of carbonyl (C=O) groups is 1. The number of hydrogen-bond donors (Lipinski definition) is 3. The lowest BCUT2D eigenvalue weighted by Gasteiger charge is -2.25. The second-order valence-electron chi connectivity index (χ2n) is 8.86. The molecule has 1 aromatic carbocycles. The highest BCUT2D eigenvalue weighted by atomic mass is 35.5. The maximum atomic E-state index is 15.6. The summed E-state index contributed by atoms with van der Waals surface area (Å²) in [5.74, 6) is -0.676. The largest absolute Gasteiger partial charge is 0.398 e. The molecule has 11 heteroatoms. The summed E-state index contributed by atoms with van der Waals surface area (Å²) in [5, 5.41) is 22.3. The second kappa shape index (κ2) is 7.67. The molecule has 3 atom stereocenters. The highest BCUT2D eigenvalue weighted by Gasteiger charge is 2.52. The normalized spacial score (nSPS) is 23.5. The van der Waals surface area contributed by atoms with Crippen molar-refractivity contribution in [3.63, 3.8) is 0 Å². The molecule has 9 nitrogen and oxygen atoms in total. The number of hydrogen-bond acceptors (Lipinski definition) is 7. The molecule has 3 heterocycles. The van der Waals surface area contributed by atoms with E-state index in [1.807, 2.05) is 0 Å². The van der Waals surface area contributed by atoms with Crippen LogP contribution in [0.1, 0.15) is 34.8 Å². The van der Waals surface area contributed by atoms with Crippen molar-refractivity contribution in [1.82, 2.24) is 24.9 Å². The van der Waals surface area contributed by atoms with E-state index in [1.165, 1.54) is 37.3 Å². The zero-order valence-electron chi connectivity index (χ0n) is 18.1. The van der Waals surface area contributed by atoms with Crippen LogP contribution in [0.25, 0.3) is 11.1 Å². The fourth-order valence-corrected chi connectivity index (χ4v) is 5.49. The molecule has 4 N–H and O–H groups in total. The molecule has 1 saturated carbocycles. The van der Waals surface area contributed by atoms with Crippen molar-refractivity contribution in [2.45, 2.75) is 30.4 Å². The van der Waals surface area contributed by atoms with Crippen LogP contribution in [0.4, 0.5) is 15.9 Å². The minimum absolute atomic E-state index is 0.0490. The van der Waals surface area contributed by atoms with Crippen LogP contribution < -0.4 is 11.1 Å². The van der Waals surface area contributed by atoms with Crippen molar-refractivity contribution in [1.29, 1.82) is 0 Å². The standard InChI is InChI=1S/C22H23ClFN7O2/c1-30(2)21(33)16-13(25)4-3-11(19(16)24)12-9-26-20-17(18(12)23)22(10-27-20)7-14(15(32)8-22)31-6-5-28-29-31/h3-6,9,14-15,32H,7-8,10,25H2,1-2H3,(H,26,27)/t14?,15-,22+/m0/s1. The monoisotopic (exact) mass is 471 g/mol. The number of fused-ring (bicyclic) bond motifs is 2. The third-order valence-corrected chi connectivity index (χ3v) is 7.04. The van der Waals surface area contributed by atoms with Crippen molar-refractivity contribution in [3.05, 3.63) is 52.7 Å². The molecule has 1 amide bonds.